The van der Waals surface area contributed by atoms with Crippen LogP contribution in [0.25, 0.3) is 0 Å². The Labute approximate surface area is 181 Å². The van der Waals surface area contributed by atoms with E-state index in [4.69, 9.17) is 17.0 Å². The zero-order valence-corrected chi connectivity index (χ0v) is 17.4. The molecule has 0 aromatic heterocycles. The van der Waals surface area contributed by atoms with E-state index in [9.17, 15) is 4.79 Å². The topological polar surface area (TPSA) is 50.4 Å². The van der Waals surface area contributed by atoms with Crippen molar-refractivity contribution in [1.29, 1.82) is 0 Å². The quantitative estimate of drug-likeness (QED) is 0.442. The first kappa shape index (κ1) is 19.9. The summed E-state index contributed by atoms with van der Waals surface area (Å²) in [6, 6.07) is 26.7. The number of Topliss-reactive ketones (excluding diaryl/α,β-unsaturated/α-hetero) is 1. The predicted molar refractivity (Wildman–Crippen MR) is 122 cm³/mol. The fourth-order valence-electron chi connectivity index (χ4n) is 3.51. The Kier molecular flexibility index (Phi) is 5.91. The van der Waals surface area contributed by atoms with E-state index >= 15 is 0 Å². The van der Waals surface area contributed by atoms with Crippen molar-refractivity contribution < 1.29 is 9.53 Å². The molecule has 1 heterocycles. The van der Waals surface area contributed by atoms with E-state index in [1.165, 1.54) is 0 Å². The normalized spacial score (nSPS) is 15.9. The first-order chi connectivity index (χ1) is 14.6. The Hall–Kier alpha value is -3.44. The number of ether oxygens (including phenoxy) is 1. The van der Waals surface area contributed by atoms with Gasteiger partial charge in [0.15, 0.2) is 10.9 Å². The van der Waals surface area contributed by atoms with Crippen LogP contribution in [0.3, 0.4) is 0 Å². The Morgan fingerprint density at radius 3 is 2.40 bits per heavy atom. The molecule has 4 rings (SSSR count). The molecule has 1 atom stereocenters. The molecular weight excluding hydrogens is 392 g/mol. The molecule has 0 fully saturated rings. The zero-order valence-electron chi connectivity index (χ0n) is 16.6. The highest BCUT2D eigenvalue weighted by Crippen LogP contribution is 2.31. The van der Waals surface area contributed by atoms with Crippen molar-refractivity contribution in [2.45, 2.75) is 19.6 Å². The maximum Gasteiger partial charge on any atom is 0.193 e. The molecule has 1 unspecified atom stereocenters. The lowest BCUT2D eigenvalue weighted by Crippen LogP contribution is -2.44. The van der Waals surface area contributed by atoms with Crippen molar-refractivity contribution in [3.05, 3.63) is 113 Å². The van der Waals surface area contributed by atoms with Crippen LogP contribution in [0.2, 0.25) is 0 Å². The molecular formula is C25H22N2O2S. The second kappa shape index (κ2) is 8.93. The second-order valence-electron chi connectivity index (χ2n) is 7.11. The van der Waals surface area contributed by atoms with Crippen molar-refractivity contribution >= 4 is 23.1 Å². The van der Waals surface area contributed by atoms with Crippen LogP contribution in [0.15, 0.2) is 96.2 Å². The minimum Gasteiger partial charge on any atom is -0.489 e. The van der Waals surface area contributed by atoms with Gasteiger partial charge >= 0.3 is 0 Å². The number of nitrogens with one attached hydrogen (secondary N) is 2. The zero-order chi connectivity index (χ0) is 20.9. The second-order valence-corrected chi connectivity index (χ2v) is 7.52. The molecule has 3 aromatic carbocycles. The van der Waals surface area contributed by atoms with E-state index in [1.54, 1.807) is 0 Å². The van der Waals surface area contributed by atoms with E-state index in [0.717, 1.165) is 22.6 Å². The minimum absolute atomic E-state index is 0.0313. The molecule has 4 nitrogen and oxygen atoms in total. The molecule has 5 heteroatoms. The van der Waals surface area contributed by atoms with Gasteiger partial charge < -0.3 is 15.4 Å². The summed E-state index contributed by atoms with van der Waals surface area (Å²) >= 11 is 5.37. The molecule has 2 N–H and O–H groups in total. The third-order valence-corrected chi connectivity index (χ3v) is 5.21. The van der Waals surface area contributed by atoms with Gasteiger partial charge in [-0.1, -0.05) is 72.8 Å². The maximum absolute atomic E-state index is 13.3. The van der Waals surface area contributed by atoms with Gasteiger partial charge in [0.05, 0.1) is 6.04 Å². The summed E-state index contributed by atoms with van der Waals surface area (Å²) in [6.45, 7) is 2.36. The lowest BCUT2D eigenvalue weighted by molar-refractivity contribution is 0.102. The Morgan fingerprint density at radius 1 is 0.967 bits per heavy atom. The van der Waals surface area contributed by atoms with Crippen molar-refractivity contribution in [1.82, 2.24) is 10.6 Å². The lowest BCUT2D eigenvalue weighted by atomic mass is 9.89. The van der Waals surface area contributed by atoms with Gasteiger partial charge in [0.2, 0.25) is 0 Å². The van der Waals surface area contributed by atoms with Gasteiger partial charge in [0, 0.05) is 16.8 Å². The van der Waals surface area contributed by atoms with Gasteiger partial charge in [-0.25, -0.2) is 0 Å². The van der Waals surface area contributed by atoms with Crippen LogP contribution in [-0.2, 0) is 6.61 Å². The summed E-state index contributed by atoms with van der Waals surface area (Å²) in [7, 11) is 0. The fourth-order valence-corrected chi connectivity index (χ4v) is 3.79. The molecule has 150 valence electrons. The third kappa shape index (κ3) is 4.42. The Balaban J connectivity index is 1.63. The molecule has 30 heavy (non-hydrogen) atoms. The van der Waals surface area contributed by atoms with Crippen LogP contribution in [0.4, 0.5) is 0 Å². The van der Waals surface area contributed by atoms with Gasteiger partial charge in [-0.15, -0.1) is 0 Å². The number of carbonyl (C=O) groups is 1. The highest BCUT2D eigenvalue weighted by atomic mass is 32.1. The smallest absolute Gasteiger partial charge is 0.193 e. The van der Waals surface area contributed by atoms with E-state index < -0.39 is 0 Å². The summed E-state index contributed by atoms with van der Waals surface area (Å²) in [6.07, 6.45) is 0. The number of hydrogen-bond acceptors (Lipinski definition) is 3. The molecule has 1 aliphatic rings. The minimum atomic E-state index is -0.355. The molecule has 0 saturated carbocycles. The Morgan fingerprint density at radius 2 is 1.67 bits per heavy atom. The highest BCUT2D eigenvalue weighted by Gasteiger charge is 2.30. The SMILES string of the molecule is CC1=C(C(=O)c2ccccc2)C(c2cccc(OCc3ccccc3)c2)NC(=S)N1. The monoisotopic (exact) mass is 414 g/mol. The summed E-state index contributed by atoms with van der Waals surface area (Å²) in [4.78, 5) is 13.3. The summed E-state index contributed by atoms with van der Waals surface area (Å²) < 4.78 is 5.98. The molecule has 0 aliphatic carbocycles. The van der Waals surface area contributed by atoms with Crippen LogP contribution in [0.1, 0.15) is 34.5 Å². The van der Waals surface area contributed by atoms with Crippen molar-refractivity contribution in [2.24, 2.45) is 0 Å². The van der Waals surface area contributed by atoms with Gasteiger partial charge in [-0.05, 0) is 42.4 Å². The number of carbonyl (C=O) groups excluding carboxylic acids is 1. The van der Waals surface area contributed by atoms with Crippen molar-refractivity contribution in [2.75, 3.05) is 0 Å². The van der Waals surface area contributed by atoms with E-state index in [2.05, 4.69) is 10.6 Å². The van der Waals surface area contributed by atoms with Crippen molar-refractivity contribution in [3.8, 4) is 5.75 Å². The molecule has 0 bridgehead atoms. The van der Waals surface area contributed by atoms with Gasteiger partial charge in [-0.2, -0.15) is 0 Å². The standard InChI is InChI=1S/C25H22N2O2S/c1-17-22(24(28)19-11-6-3-7-12-19)23(27-25(30)26-17)20-13-8-14-21(15-20)29-16-18-9-4-2-5-10-18/h2-15,23H,16H2,1H3,(H2,26,27,30). The van der Waals surface area contributed by atoms with Crippen LogP contribution >= 0.6 is 12.2 Å². The summed E-state index contributed by atoms with van der Waals surface area (Å²) in [5, 5.41) is 6.84. The van der Waals surface area contributed by atoms with Crippen LogP contribution < -0.4 is 15.4 Å². The average molecular weight is 415 g/mol. The average Bonchev–Trinajstić information content (AvgIpc) is 2.78. The predicted octanol–water partition coefficient (Wildman–Crippen LogP) is 4.94. The molecule has 0 saturated heterocycles. The number of ketones is 1. The van der Waals surface area contributed by atoms with Crippen LogP contribution in [0, 0.1) is 0 Å². The van der Waals surface area contributed by atoms with Crippen LogP contribution in [-0.4, -0.2) is 10.9 Å². The van der Waals surface area contributed by atoms with E-state index in [0.29, 0.717) is 22.9 Å². The molecule has 0 spiro atoms. The maximum atomic E-state index is 13.3. The molecule has 0 amide bonds. The van der Waals surface area contributed by atoms with Gasteiger partial charge in [0.25, 0.3) is 0 Å². The molecule has 0 radical (unpaired) electrons. The van der Waals surface area contributed by atoms with Gasteiger partial charge in [-0.3, -0.25) is 4.79 Å². The molecule has 3 aromatic rings. The molecule has 1 aliphatic heterocycles. The van der Waals surface area contributed by atoms with E-state index in [-0.39, 0.29) is 11.8 Å². The number of allylic oxidation sites excluding steroid dienone is 1. The first-order valence-electron chi connectivity index (χ1n) is 9.76. The summed E-state index contributed by atoms with van der Waals surface area (Å²) in [5.74, 6) is 0.711. The van der Waals surface area contributed by atoms with Crippen LogP contribution in [0.5, 0.6) is 5.75 Å². The first-order valence-corrected chi connectivity index (χ1v) is 10.2. The fraction of sp³-hybridized carbons (Fsp3) is 0.120. The largest absolute Gasteiger partial charge is 0.489 e. The number of rotatable bonds is 6. The highest BCUT2D eigenvalue weighted by molar-refractivity contribution is 7.80. The Bertz CT molecular complexity index is 1090. The van der Waals surface area contributed by atoms with Crippen molar-refractivity contribution in [3.63, 3.8) is 0 Å². The number of hydrogen-bond donors (Lipinski definition) is 2. The third-order valence-electron chi connectivity index (χ3n) is 4.99. The van der Waals surface area contributed by atoms with E-state index in [1.807, 2.05) is 91.9 Å². The number of thiocarbonyl (C=S) groups is 1. The summed E-state index contributed by atoms with van der Waals surface area (Å²) in [5.41, 5.74) is 4.07. The lowest BCUT2D eigenvalue weighted by Gasteiger charge is -2.30. The van der Waals surface area contributed by atoms with Gasteiger partial charge in [0.1, 0.15) is 12.4 Å². The number of benzene rings is 3.